The van der Waals surface area contributed by atoms with E-state index in [4.69, 9.17) is 4.74 Å². The molecule has 3 aromatic rings. The smallest absolute Gasteiger partial charge is 0.238 e. The average molecular weight is 478 g/mol. The first-order chi connectivity index (χ1) is 17.0. The Kier molecular flexibility index (Phi) is 7.74. The van der Waals surface area contributed by atoms with Crippen LogP contribution in [0.25, 0.3) is 22.0 Å². The summed E-state index contributed by atoms with van der Waals surface area (Å²) in [5.74, 6) is 1.15. The number of ether oxygens (including phenoxy) is 1. The van der Waals surface area contributed by atoms with E-state index in [1.54, 1.807) is 27.4 Å². The average Bonchev–Trinajstić information content (AvgIpc) is 2.89. The molecule has 1 fully saturated rings. The number of anilines is 2. The number of amides is 2. The fourth-order valence-electron chi connectivity index (χ4n) is 4.14. The van der Waals surface area contributed by atoms with Crippen LogP contribution in [0.3, 0.4) is 0 Å². The van der Waals surface area contributed by atoms with E-state index in [1.165, 1.54) is 0 Å². The summed E-state index contributed by atoms with van der Waals surface area (Å²) < 4.78 is 5.41. The second-order valence-electron chi connectivity index (χ2n) is 8.40. The third-order valence-electron chi connectivity index (χ3n) is 6.09. The third-order valence-corrected chi connectivity index (χ3v) is 6.09. The van der Waals surface area contributed by atoms with Crippen LogP contribution in [0.4, 0.5) is 11.6 Å². The van der Waals surface area contributed by atoms with Crippen molar-refractivity contribution in [1.29, 1.82) is 0 Å². The van der Waals surface area contributed by atoms with Gasteiger partial charge in [-0.25, -0.2) is 9.97 Å². The molecule has 2 heterocycles. The predicted molar refractivity (Wildman–Crippen MR) is 137 cm³/mol. The molecular weight excluding hydrogens is 446 g/mol. The fourth-order valence-corrected chi connectivity index (χ4v) is 4.14. The summed E-state index contributed by atoms with van der Waals surface area (Å²) in [7, 11) is 5.04. The number of hydrogen-bond donors (Lipinski definition) is 3. The van der Waals surface area contributed by atoms with Crippen molar-refractivity contribution in [3.05, 3.63) is 42.6 Å². The molecule has 0 aliphatic carbocycles. The number of likely N-dealkylation sites (N-methyl/N-ethyl adjacent to an activating group) is 1. The Bertz CT molecular complexity index is 1210. The largest absolute Gasteiger partial charge is 0.497 e. The highest BCUT2D eigenvalue weighted by Gasteiger charge is 2.21. The number of carbonyl (C=O) groups excluding carboxylic acids is 2. The topological polar surface area (TPSA) is 112 Å². The van der Waals surface area contributed by atoms with Crippen molar-refractivity contribution in [3.8, 4) is 17.0 Å². The van der Waals surface area contributed by atoms with Crippen LogP contribution in [0.5, 0.6) is 5.75 Å². The van der Waals surface area contributed by atoms with E-state index in [-0.39, 0.29) is 18.4 Å². The van der Waals surface area contributed by atoms with Crippen LogP contribution in [0, 0.1) is 0 Å². The van der Waals surface area contributed by atoms with Crippen LogP contribution in [-0.4, -0.2) is 92.1 Å². The van der Waals surface area contributed by atoms with Gasteiger partial charge in [0.2, 0.25) is 17.8 Å². The van der Waals surface area contributed by atoms with Crippen molar-refractivity contribution < 1.29 is 14.3 Å². The first-order valence-electron chi connectivity index (χ1n) is 11.6. The maximum absolute atomic E-state index is 13.0. The zero-order valence-corrected chi connectivity index (χ0v) is 20.3. The number of aromatic nitrogens is 2. The van der Waals surface area contributed by atoms with Gasteiger partial charge in [-0.05, 0) is 35.7 Å². The van der Waals surface area contributed by atoms with Crippen molar-refractivity contribution in [2.45, 2.75) is 0 Å². The Morgan fingerprint density at radius 2 is 1.69 bits per heavy atom. The van der Waals surface area contributed by atoms with Gasteiger partial charge in [-0.15, -0.1) is 0 Å². The Labute approximate surface area is 204 Å². The second-order valence-corrected chi connectivity index (χ2v) is 8.40. The number of nitrogens with one attached hydrogen (secondary N) is 3. The van der Waals surface area contributed by atoms with E-state index in [1.807, 2.05) is 36.4 Å². The molecule has 0 atom stereocenters. The molecule has 35 heavy (non-hydrogen) atoms. The molecule has 0 saturated carbocycles. The van der Waals surface area contributed by atoms with Crippen molar-refractivity contribution in [1.82, 2.24) is 25.1 Å². The second kappa shape index (κ2) is 11.1. The molecule has 10 nitrogen and oxygen atoms in total. The van der Waals surface area contributed by atoms with Crippen LogP contribution in [0.1, 0.15) is 0 Å². The molecule has 2 aromatic carbocycles. The van der Waals surface area contributed by atoms with Crippen molar-refractivity contribution in [3.63, 3.8) is 0 Å². The lowest BCUT2D eigenvalue weighted by molar-refractivity contribution is -0.123. The van der Waals surface area contributed by atoms with Gasteiger partial charge in [0.15, 0.2) is 0 Å². The minimum absolute atomic E-state index is 0.00362. The molecule has 1 saturated heterocycles. The lowest BCUT2D eigenvalue weighted by Crippen LogP contribution is -2.50. The maximum atomic E-state index is 13.0. The van der Waals surface area contributed by atoms with Crippen molar-refractivity contribution in [2.75, 3.05) is 71.1 Å². The highest BCUT2D eigenvalue weighted by molar-refractivity contribution is 6.05. The summed E-state index contributed by atoms with van der Waals surface area (Å²) in [5.41, 5.74) is 2.33. The molecule has 0 bridgehead atoms. The molecular formula is C25H31N7O3. The van der Waals surface area contributed by atoms with Crippen molar-refractivity contribution in [2.24, 2.45) is 0 Å². The molecule has 0 unspecified atom stereocenters. The van der Waals surface area contributed by atoms with Crippen LogP contribution < -0.4 is 20.7 Å². The van der Waals surface area contributed by atoms with Gasteiger partial charge in [-0.2, -0.15) is 0 Å². The number of methoxy groups -OCH3 is 1. The van der Waals surface area contributed by atoms with Gasteiger partial charge in [-0.3, -0.25) is 19.4 Å². The predicted octanol–water partition coefficient (Wildman–Crippen LogP) is 1.65. The van der Waals surface area contributed by atoms with E-state index < -0.39 is 0 Å². The normalized spacial score (nSPS) is 14.5. The van der Waals surface area contributed by atoms with E-state index in [0.717, 1.165) is 48.2 Å². The standard InChI is InChI=1S/C25H31N7O3/c1-26-23(33)15-31-8-10-32(11-9-31)16-24(34)29-22-13-18(21-6-7-28-25(27-2)30-21)12-17-4-5-19(35-3)14-20(17)22/h4-7,12-14H,8-11,15-16H2,1-3H3,(H,26,33)(H,29,34)(H,27,28,30). The van der Waals surface area contributed by atoms with Gasteiger partial charge < -0.3 is 20.7 Å². The Hall–Kier alpha value is -3.76. The van der Waals surface area contributed by atoms with Gasteiger partial charge in [-0.1, -0.05) is 6.07 Å². The van der Waals surface area contributed by atoms with Gasteiger partial charge in [0.25, 0.3) is 0 Å². The van der Waals surface area contributed by atoms with Crippen LogP contribution in [0.15, 0.2) is 42.6 Å². The summed E-state index contributed by atoms with van der Waals surface area (Å²) >= 11 is 0. The highest BCUT2D eigenvalue weighted by atomic mass is 16.5. The highest BCUT2D eigenvalue weighted by Crippen LogP contribution is 2.33. The molecule has 2 amide bonds. The molecule has 10 heteroatoms. The van der Waals surface area contributed by atoms with Crippen LogP contribution in [0.2, 0.25) is 0 Å². The van der Waals surface area contributed by atoms with Gasteiger partial charge in [0.1, 0.15) is 5.75 Å². The monoisotopic (exact) mass is 477 g/mol. The lowest BCUT2D eigenvalue weighted by Gasteiger charge is -2.33. The summed E-state index contributed by atoms with van der Waals surface area (Å²) in [4.78, 5) is 37.6. The number of benzene rings is 2. The van der Waals surface area contributed by atoms with Gasteiger partial charge >= 0.3 is 0 Å². The van der Waals surface area contributed by atoms with Gasteiger partial charge in [0, 0.05) is 63.1 Å². The zero-order valence-electron chi connectivity index (χ0n) is 20.3. The summed E-state index contributed by atoms with van der Waals surface area (Å²) in [6, 6.07) is 11.6. The molecule has 0 spiro atoms. The van der Waals surface area contributed by atoms with Crippen LogP contribution in [-0.2, 0) is 9.59 Å². The minimum atomic E-state index is -0.0929. The molecule has 1 aliphatic rings. The van der Waals surface area contributed by atoms with Crippen molar-refractivity contribution >= 4 is 34.2 Å². The summed E-state index contributed by atoms with van der Waals surface area (Å²) in [6.07, 6.45) is 1.70. The van der Waals surface area contributed by atoms with E-state index in [9.17, 15) is 9.59 Å². The fraction of sp³-hybridized carbons (Fsp3) is 0.360. The number of fused-ring (bicyclic) bond motifs is 1. The Balaban J connectivity index is 1.53. The number of nitrogens with zero attached hydrogens (tertiary/aromatic N) is 4. The SMILES string of the molecule is CNC(=O)CN1CCN(CC(=O)Nc2cc(-c3ccnc(NC)n3)cc3ccc(OC)cc23)CC1. The number of piperazine rings is 1. The number of hydrogen-bond acceptors (Lipinski definition) is 8. The number of rotatable bonds is 8. The van der Waals surface area contributed by atoms with E-state index >= 15 is 0 Å². The molecule has 1 aromatic heterocycles. The Morgan fingerprint density at radius 3 is 2.34 bits per heavy atom. The minimum Gasteiger partial charge on any atom is -0.497 e. The summed E-state index contributed by atoms with van der Waals surface area (Å²) in [5, 5.41) is 10.6. The summed E-state index contributed by atoms with van der Waals surface area (Å²) in [6.45, 7) is 3.62. The molecule has 1 aliphatic heterocycles. The zero-order chi connectivity index (χ0) is 24.8. The molecule has 3 N–H and O–H groups in total. The Morgan fingerprint density at radius 1 is 0.971 bits per heavy atom. The van der Waals surface area contributed by atoms with Gasteiger partial charge in [0.05, 0.1) is 25.9 Å². The molecule has 4 rings (SSSR count). The molecule has 0 radical (unpaired) electrons. The number of carbonyl (C=O) groups is 2. The van der Waals surface area contributed by atoms with Crippen LogP contribution >= 0.6 is 0 Å². The van der Waals surface area contributed by atoms with E-state index in [2.05, 4.69) is 35.7 Å². The lowest BCUT2D eigenvalue weighted by atomic mass is 10.0. The maximum Gasteiger partial charge on any atom is 0.238 e. The third kappa shape index (κ3) is 6.03. The quantitative estimate of drug-likeness (QED) is 0.449. The first kappa shape index (κ1) is 24.4. The van der Waals surface area contributed by atoms with E-state index in [0.29, 0.717) is 23.9 Å². The first-order valence-corrected chi connectivity index (χ1v) is 11.6. The molecule has 184 valence electrons.